The highest BCUT2D eigenvalue weighted by Crippen LogP contribution is 2.27. The second-order valence-corrected chi connectivity index (χ2v) is 6.06. The van der Waals surface area contributed by atoms with E-state index in [1.165, 1.54) is 11.3 Å². The van der Waals surface area contributed by atoms with E-state index in [4.69, 9.17) is 0 Å². The van der Waals surface area contributed by atoms with Crippen molar-refractivity contribution in [1.29, 1.82) is 0 Å². The summed E-state index contributed by atoms with van der Waals surface area (Å²) in [4.78, 5) is 23.7. The number of rotatable bonds is 7. The molecule has 7 heteroatoms. The van der Waals surface area contributed by atoms with Crippen molar-refractivity contribution in [1.82, 2.24) is 15.5 Å². The van der Waals surface area contributed by atoms with Crippen LogP contribution in [0.2, 0.25) is 0 Å². The first-order valence-corrected chi connectivity index (χ1v) is 8.42. The Balaban J connectivity index is 1.84. The molecule has 0 bridgehead atoms. The number of benzene rings is 1. The van der Waals surface area contributed by atoms with Crippen LogP contribution in [0.15, 0.2) is 30.3 Å². The van der Waals surface area contributed by atoms with Crippen LogP contribution in [0.1, 0.15) is 48.0 Å². The molecule has 0 saturated heterocycles. The van der Waals surface area contributed by atoms with E-state index in [1.54, 1.807) is 24.3 Å². The molecule has 0 fully saturated rings. The number of hydrogen-bond acceptors (Lipinski definition) is 5. The zero-order chi connectivity index (χ0) is 16.7. The molecular weight excluding hydrogens is 312 g/mol. The van der Waals surface area contributed by atoms with Gasteiger partial charge < -0.3 is 5.32 Å². The maximum absolute atomic E-state index is 11.9. The molecule has 1 heterocycles. The van der Waals surface area contributed by atoms with Gasteiger partial charge >= 0.3 is 0 Å². The molecule has 0 unspecified atom stereocenters. The smallest absolute Gasteiger partial charge is 0.251 e. The van der Waals surface area contributed by atoms with Gasteiger partial charge in [-0.05, 0) is 25.0 Å². The van der Waals surface area contributed by atoms with E-state index < -0.39 is 0 Å². The Bertz CT molecular complexity index is 653. The van der Waals surface area contributed by atoms with E-state index >= 15 is 0 Å². The molecule has 122 valence electrons. The zero-order valence-corrected chi connectivity index (χ0v) is 14.0. The predicted octanol–water partition coefficient (Wildman–Crippen LogP) is 2.81. The summed E-state index contributed by atoms with van der Waals surface area (Å²) in [6.45, 7) is 4.10. The van der Waals surface area contributed by atoms with Gasteiger partial charge in [0.25, 0.3) is 5.91 Å². The van der Waals surface area contributed by atoms with Crippen molar-refractivity contribution in [3.8, 4) is 0 Å². The molecule has 0 aliphatic carbocycles. The number of nitrogens with one attached hydrogen (secondary N) is 2. The Morgan fingerprint density at radius 2 is 1.83 bits per heavy atom. The van der Waals surface area contributed by atoms with Crippen molar-refractivity contribution in [3.05, 3.63) is 40.9 Å². The fraction of sp³-hybridized carbons (Fsp3) is 0.375. The molecule has 0 aliphatic heterocycles. The van der Waals surface area contributed by atoms with Crippen LogP contribution in [0.4, 0.5) is 5.13 Å². The van der Waals surface area contributed by atoms with E-state index in [1.807, 2.05) is 6.07 Å². The lowest BCUT2D eigenvalue weighted by atomic mass is 10.1. The second-order valence-electron chi connectivity index (χ2n) is 5.06. The van der Waals surface area contributed by atoms with Crippen LogP contribution < -0.4 is 10.6 Å². The highest BCUT2D eigenvalue weighted by Gasteiger charge is 2.15. The molecule has 6 nitrogen and oxygen atoms in total. The Morgan fingerprint density at radius 3 is 2.48 bits per heavy atom. The van der Waals surface area contributed by atoms with Crippen LogP contribution in [-0.2, 0) is 4.79 Å². The molecule has 0 aliphatic rings. The van der Waals surface area contributed by atoms with Crippen molar-refractivity contribution in [2.75, 3.05) is 11.9 Å². The maximum Gasteiger partial charge on any atom is 0.251 e. The second kappa shape index (κ2) is 8.38. The molecule has 0 spiro atoms. The van der Waals surface area contributed by atoms with E-state index in [0.29, 0.717) is 16.6 Å². The Kier molecular flexibility index (Phi) is 6.22. The Hall–Kier alpha value is -2.28. The number of aromatic nitrogens is 2. The van der Waals surface area contributed by atoms with Crippen LogP contribution in [0.3, 0.4) is 0 Å². The third-order valence-corrected chi connectivity index (χ3v) is 4.47. The normalized spacial score (nSPS) is 10.6. The van der Waals surface area contributed by atoms with Gasteiger partial charge in [-0.1, -0.05) is 43.4 Å². The largest absolute Gasteiger partial charge is 0.343 e. The lowest BCUT2D eigenvalue weighted by Gasteiger charge is -2.06. The minimum absolute atomic E-state index is 0.104. The van der Waals surface area contributed by atoms with Gasteiger partial charge in [0.2, 0.25) is 11.0 Å². The average Bonchev–Trinajstić information content (AvgIpc) is 3.03. The SMILES string of the molecule is CCC(CC)c1nnc(NC(=O)CNC(=O)c2ccccc2)s1. The van der Waals surface area contributed by atoms with Gasteiger partial charge in [0.15, 0.2) is 0 Å². The summed E-state index contributed by atoms with van der Waals surface area (Å²) in [6, 6.07) is 8.77. The fourth-order valence-corrected chi connectivity index (χ4v) is 3.13. The van der Waals surface area contributed by atoms with Gasteiger partial charge in [-0.3, -0.25) is 14.9 Å². The number of amides is 2. The third kappa shape index (κ3) is 4.85. The highest BCUT2D eigenvalue weighted by molar-refractivity contribution is 7.15. The third-order valence-electron chi connectivity index (χ3n) is 3.47. The summed E-state index contributed by atoms with van der Waals surface area (Å²) in [6.07, 6.45) is 1.98. The van der Waals surface area contributed by atoms with E-state index in [2.05, 4.69) is 34.7 Å². The van der Waals surface area contributed by atoms with Gasteiger partial charge in [-0.2, -0.15) is 0 Å². The topological polar surface area (TPSA) is 84.0 Å². The van der Waals surface area contributed by atoms with Crippen LogP contribution in [0.25, 0.3) is 0 Å². The summed E-state index contributed by atoms with van der Waals surface area (Å²) in [7, 11) is 0. The van der Waals surface area contributed by atoms with Gasteiger partial charge in [0, 0.05) is 11.5 Å². The maximum atomic E-state index is 11.9. The summed E-state index contributed by atoms with van der Waals surface area (Å²) in [5.41, 5.74) is 0.521. The van der Waals surface area contributed by atoms with Crippen LogP contribution >= 0.6 is 11.3 Å². The Labute approximate surface area is 139 Å². The molecular formula is C16H20N4O2S. The number of carbonyl (C=O) groups excluding carboxylic acids is 2. The lowest BCUT2D eigenvalue weighted by Crippen LogP contribution is -2.32. The minimum Gasteiger partial charge on any atom is -0.343 e. The van der Waals surface area contributed by atoms with Gasteiger partial charge in [0.1, 0.15) is 5.01 Å². The molecule has 2 aromatic rings. The van der Waals surface area contributed by atoms with Gasteiger partial charge in [-0.25, -0.2) is 0 Å². The van der Waals surface area contributed by atoms with E-state index in [0.717, 1.165) is 17.8 Å². The number of hydrogen-bond donors (Lipinski definition) is 2. The molecule has 0 atom stereocenters. The first-order chi connectivity index (χ1) is 11.1. The first kappa shape index (κ1) is 17.1. The molecule has 0 saturated carbocycles. The Morgan fingerprint density at radius 1 is 1.13 bits per heavy atom. The van der Waals surface area contributed by atoms with Crippen molar-refractivity contribution in [3.63, 3.8) is 0 Å². The van der Waals surface area contributed by atoms with Gasteiger partial charge in [-0.15, -0.1) is 10.2 Å². The summed E-state index contributed by atoms with van der Waals surface area (Å²) in [5.74, 6) is -0.229. The molecule has 2 N–H and O–H groups in total. The van der Waals surface area contributed by atoms with Crippen LogP contribution in [0.5, 0.6) is 0 Å². The molecule has 2 rings (SSSR count). The quantitative estimate of drug-likeness (QED) is 0.816. The molecule has 0 radical (unpaired) electrons. The lowest BCUT2D eigenvalue weighted by molar-refractivity contribution is -0.115. The molecule has 1 aromatic heterocycles. The number of carbonyl (C=O) groups is 2. The summed E-state index contributed by atoms with van der Waals surface area (Å²) < 4.78 is 0. The van der Waals surface area contributed by atoms with Crippen LogP contribution in [-0.4, -0.2) is 28.6 Å². The standard InChI is InChI=1S/C16H20N4O2S/c1-3-11(4-2)15-19-20-16(23-15)18-13(21)10-17-14(22)12-8-6-5-7-9-12/h5-9,11H,3-4,10H2,1-2H3,(H,17,22)(H,18,20,21). The summed E-state index contributed by atoms with van der Waals surface area (Å²) in [5, 5.41) is 14.7. The predicted molar refractivity (Wildman–Crippen MR) is 90.6 cm³/mol. The van der Waals surface area contributed by atoms with Crippen molar-refractivity contribution in [2.24, 2.45) is 0 Å². The van der Waals surface area contributed by atoms with E-state index in [-0.39, 0.29) is 18.4 Å². The fourth-order valence-electron chi connectivity index (χ4n) is 2.10. The van der Waals surface area contributed by atoms with Gasteiger partial charge in [0.05, 0.1) is 6.54 Å². The molecule has 23 heavy (non-hydrogen) atoms. The van der Waals surface area contributed by atoms with Crippen molar-refractivity contribution < 1.29 is 9.59 Å². The van der Waals surface area contributed by atoms with Crippen LogP contribution in [0, 0.1) is 0 Å². The highest BCUT2D eigenvalue weighted by atomic mass is 32.1. The summed E-state index contributed by atoms with van der Waals surface area (Å²) >= 11 is 1.38. The van der Waals surface area contributed by atoms with Crippen molar-refractivity contribution >= 4 is 28.3 Å². The molecule has 1 aromatic carbocycles. The monoisotopic (exact) mass is 332 g/mol. The number of anilines is 1. The minimum atomic E-state index is -0.318. The number of nitrogens with zero attached hydrogens (tertiary/aromatic N) is 2. The first-order valence-electron chi connectivity index (χ1n) is 7.60. The average molecular weight is 332 g/mol. The van der Waals surface area contributed by atoms with E-state index in [9.17, 15) is 9.59 Å². The molecule has 2 amide bonds. The van der Waals surface area contributed by atoms with Crippen molar-refractivity contribution in [2.45, 2.75) is 32.6 Å². The zero-order valence-electron chi connectivity index (χ0n) is 13.2.